The zero-order valence-corrected chi connectivity index (χ0v) is 15.2. The second-order valence-electron chi connectivity index (χ2n) is 7.11. The van der Waals surface area contributed by atoms with Crippen LogP contribution in [0, 0.1) is 11.3 Å². The lowest BCUT2D eigenvalue weighted by Crippen LogP contribution is -2.35. The highest BCUT2D eigenvalue weighted by Gasteiger charge is 2.54. The maximum atomic E-state index is 11.8. The highest BCUT2D eigenvalue weighted by Crippen LogP contribution is 2.49. The van der Waals surface area contributed by atoms with Gasteiger partial charge in [0.2, 0.25) is 0 Å². The summed E-state index contributed by atoms with van der Waals surface area (Å²) >= 11 is 12.0. The fourth-order valence-corrected chi connectivity index (χ4v) is 4.65. The number of carbonyl (C=O) groups is 1. The van der Waals surface area contributed by atoms with Crippen molar-refractivity contribution in [2.75, 3.05) is 13.1 Å². The number of aliphatic carboxylic acids is 1. The number of benzene rings is 1. The number of fused-ring (bicyclic) bond motifs is 1. The van der Waals surface area contributed by atoms with Gasteiger partial charge in [-0.3, -0.25) is 9.69 Å². The van der Waals surface area contributed by atoms with Crippen molar-refractivity contribution in [2.45, 2.75) is 25.8 Å². The molecule has 0 bridgehead atoms. The molecule has 1 aliphatic heterocycles. The Morgan fingerprint density at radius 2 is 2.12 bits per heavy atom. The predicted octanol–water partition coefficient (Wildman–Crippen LogP) is 4.94. The van der Waals surface area contributed by atoms with E-state index < -0.39 is 11.4 Å². The lowest BCUT2D eigenvalue weighted by Gasteiger charge is -2.23. The summed E-state index contributed by atoms with van der Waals surface area (Å²) in [6, 6.07) is 9.26. The summed E-state index contributed by atoms with van der Waals surface area (Å²) < 4.78 is 5.95. The van der Waals surface area contributed by atoms with Gasteiger partial charge in [0.25, 0.3) is 0 Å². The molecule has 1 aromatic carbocycles. The molecule has 1 aromatic heterocycles. The third-order valence-corrected chi connectivity index (χ3v) is 6.35. The fraction of sp³-hybridized carbons (Fsp3) is 0.421. The van der Waals surface area contributed by atoms with Crippen molar-refractivity contribution >= 4 is 29.2 Å². The summed E-state index contributed by atoms with van der Waals surface area (Å²) in [7, 11) is 0. The van der Waals surface area contributed by atoms with Crippen molar-refractivity contribution in [1.82, 2.24) is 4.90 Å². The first-order chi connectivity index (χ1) is 12.0. The van der Waals surface area contributed by atoms with E-state index >= 15 is 0 Å². The Balaban J connectivity index is 1.49. The molecule has 25 heavy (non-hydrogen) atoms. The number of likely N-dealkylation sites (tertiary alicyclic amines) is 1. The number of carboxylic acid groups (broad SMARTS) is 1. The average molecular weight is 380 g/mol. The van der Waals surface area contributed by atoms with Gasteiger partial charge in [0.05, 0.1) is 22.0 Å². The van der Waals surface area contributed by atoms with E-state index in [2.05, 4.69) is 4.90 Å². The van der Waals surface area contributed by atoms with Gasteiger partial charge in [0.15, 0.2) is 0 Å². The maximum absolute atomic E-state index is 11.8. The minimum Gasteiger partial charge on any atom is -0.481 e. The molecule has 2 aliphatic rings. The molecule has 6 heteroatoms. The molecule has 132 valence electrons. The molecule has 0 radical (unpaired) electrons. The normalized spacial score (nSPS) is 26.1. The second-order valence-corrected chi connectivity index (χ2v) is 7.93. The number of hydrogen-bond donors (Lipinski definition) is 1. The van der Waals surface area contributed by atoms with E-state index in [0.717, 1.165) is 42.9 Å². The number of rotatable bonds is 4. The summed E-state index contributed by atoms with van der Waals surface area (Å²) in [6.07, 6.45) is 2.82. The van der Waals surface area contributed by atoms with Crippen molar-refractivity contribution in [3.63, 3.8) is 0 Å². The first-order valence-electron chi connectivity index (χ1n) is 8.48. The van der Waals surface area contributed by atoms with Crippen LogP contribution in [-0.2, 0) is 11.3 Å². The Labute approximate surface area is 156 Å². The van der Waals surface area contributed by atoms with Gasteiger partial charge in [0.1, 0.15) is 11.5 Å². The monoisotopic (exact) mass is 379 g/mol. The third-order valence-electron chi connectivity index (χ3n) is 5.61. The Morgan fingerprint density at radius 3 is 2.84 bits per heavy atom. The van der Waals surface area contributed by atoms with Gasteiger partial charge in [-0.1, -0.05) is 29.6 Å². The van der Waals surface area contributed by atoms with Gasteiger partial charge >= 0.3 is 5.97 Å². The minimum absolute atomic E-state index is 0.259. The molecular weight excluding hydrogens is 361 g/mol. The number of furan rings is 1. The van der Waals surface area contributed by atoms with E-state index in [1.165, 1.54) is 0 Å². The summed E-state index contributed by atoms with van der Waals surface area (Å²) in [4.78, 5) is 14.0. The zero-order valence-electron chi connectivity index (χ0n) is 13.7. The number of carboxylic acids is 1. The Kier molecular flexibility index (Phi) is 4.30. The number of nitrogens with zero attached hydrogens (tertiary/aromatic N) is 1. The van der Waals surface area contributed by atoms with Crippen molar-refractivity contribution in [1.29, 1.82) is 0 Å². The molecule has 1 N–H and O–H groups in total. The molecule has 1 aliphatic carbocycles. The van der Waals surface area contributed by atoms with Crippen LogP contribution in [0.15, 0.2) is 34.7 Å². The average Bonchev–Trinajstić information content (AvgIpc) is 3.24. The lowest BCUT2D eigenvalue weighted by molar-refractivity contribution is -0.149. The highest BCUT2D eigenvalue weighted by atomic mass is 35.5. The Hall–Kier alpha value is -1.49. The van der Waals surface area contributed by atoms with Gasteiger partial charge in [-0.05, 0) is 49.1 Å². The molecule has 0 amide bonds. The second kappa shape index (κ2) is 6.35. The van der Waals surface area contributed by atoms with Crippen LogP contribution in [0.2, 0.25) is 10.0 Å². The smallest absolute Gasteiger partial charge is 0.311 e. The van der Waals surface area contributed by atoms with Gasteiger partial charge in [-0.2, -0.15) is 0 Å². The molecule has 1 saturated carbocycles. The van der Waals surface area contributed by atoms with Crippen LogP contribution in [0.3, 0.4) is 0 Å². The van der Waals surface area contributed by atoms with Gasteiger partial charge in [-0.25, -0.2) is 0 Å². The van der Waals surface area contributed by atoms with Crippen LogP contribution >= 0.6 is 23.2 Å². The molecule has 4 rings (SSSR count). The summed E-state index contributed by atoms with van der Waals surface area (Å²) in [5.74, 6) is 1.19. The molecule has 2 fully saturated rings. The highest BCUT2D eigenvalue weighted by molar-refractivity contribution is 6.42. The Bertz CT molecular complexity index is 819. The van der Waals surface area contributed by atoms with Crippen LogP contribution in [0.5, 0.6) is 0 Å². The topological polar surface area (TPSA) is 53.7 Å². The molecular formula is C19H19Cl2NO3. The lowest BCUT2D eigenvalue weighted by atomic mass is 9.81. The zero-order chi connectivity index (χ0) is 17.6. The molecule has 0 unspecified atom stereocenters. The maximum Gasteiger partial charge on any atom is 0.311 e. The number of halogens is 2. The predicted molar refractivity (Wildman–Crippen MR) is 96.9 cm³/mol. The van der Waals surface area contributed by atoms with Crippen LogP contribution in [-0.4, -0.2) is 29.1 Å². The summed E-state index contributed by atoms with van der Waals surface area (Å²) in [5.41, 5.74) is 0.319. The molecule has 2 heterocycles. The largest absolute Gasteiger partial charge is 0.481 e. The van der Waals surface area contributed by atoms with Crippen LogP contribution in [0.4, 0.5) is 0 Å². The van der Waals surface area contributed by atoms with E-state index in [1.807, 2.05) is 18.2 Å². The summed E-state index contributed by atoms with van der Waals surface area (Å²) in [6.45, 7) is 2.07. The SMILES string of the molecule is O=C(O)[C@@]12CCC[C@H]1CN(Cc1ccc(-c3ccc(Cl)c(Cl)c3)o1)C2. The van der Waals surface area contributed by atoms with E-state index in [4.69, 9.17) is 27.6 Å². The minimum atomic E-state index is -0.645. The molecule has 2 aromatic rings. The Morgan fingerprint density at radius 1 is 1.28 bits per heavy atom. The van der Waals surface area contributed by atoms with Crippen LogP contribution in [0.25, 0.3) is 11.3 Å². The van der Waals surface area contributed by atoms with Gasteiger partial charge in [0, 0.05) is 18.7 Å². The van der Waals surface area contributed by atoms with E-state index in [1.54, 1.807) is 12.1 Å². The van der Waals surface area contributed by atoms with Crippen LogP contribution in [0.1, 0.15) is 25.0 Å². The van der Waals surface area contributed by atoms with Crippen molar-refractivity contribution < 1.29 is 14.3 Å². The quantitative estimate of drug-likeness (QED) is 0.816. The van der Waals surface area contributed by atoms with Crippen molar-refractivity contribution in [3.8, 4) is 11.3 Å². The molecule has 1 saturated heterocycles. The van der Waals surface area contributed by atoms with Crippen molar-refractivity contribution in [2.24, 2.45) is 11.3 Å². The first-order valence-corrected chi connectivity index (χ1v) is 9.23. The van der Waals surface area contributed by atoms with Crippen LogP contribution < -0.4 is 0 Å². The van der Waals surface area contributed by atoms with Crippen molar-refractivity contribution in [3.05, 3.63) is 46.1 Å². The fourth-order valence-electron chi connectivity index (χ4n) is 4.35. The number of hydrogen-bond acceptors (Lipinski definition) is 3. The standard InChI is InChI=1S/C19H19Cl2NO3/c20-15-5-3-12(8-16(15)21)17-6-4-14(25-17)10-22-9-13-2-1-7-19(13,11-22)18(23)24/h3-6,8,13H,1-2,7,9-11H2,(H,23,24)/t13-,19+/m0/s1. The molecule has 0 spiro atoms. The molecule has 2 atom stereocenters. The first kappa shape index (κ1) is 17.0. The summed E-state index contributed by atoms with van der Waals surface area (Å²) in [5, 5.41) is 10.7. The van der Waals surface area contributed by atoms with Gasteiger partial charge in [-0.15, -0.1) is 0 Å². The van der Waals surface area contributed by atoms with E-state index in [-0.39, 0.29) is 5.92 Å². The van der Waals surface area contributed by atoms with E-state index in [0.29, 0.717) is 23.1 Å². The van der Waals surface area contributed by atoms with Gasteiger partial charge < -0.3 is 9.52 Å². The molecule has 4 nitrogen and oxygen atoms in total. The van der Waals surface area contributed by atoms with E-state index in [9.17, 15) is 9.90 Å². The third kappa shape index (κ3) is 2.97.